The van der Waals surface area contributed by atoms with Gasteiger partial charge in [-0.05, 0) is 44.0 Å². The number of nitrogens with zero attached hydrogens (tertiary/aromatic N) is 1. The maximum absolute atomic E-state index is 13.2. The number of para-hydroxylation sites is 1. The average Bonchev–Trinajstić information content (AvgIpc) is 2.72. The lowest BCUT2D eigenvalue weighted by atomic mass is 10.1. The maximum Gasteiger partial charge on any atom is 0.253 e. The van der Waals surface area contributed by atoms with E-state index in [4.69, 9.17) is 0 Å². The van der Waals surface area contributed by atoms with Crippen LogP contribution in [0.1, 0.15) is 49.0 Å². The number of benzene rings is 2. The molecule has 168 valence electrons. The van der Waals surface area contributed by atoms with Crippen LogP contribution >= 0.6 is 0 Å². The highest BCUT2D eigenvalue weighted by Gasteiger charge is 2.32. The van der Waals surface area contributed by atoms with Crippen molar-refractivity contribution in [3.8, 4) is 0 Å². The van der Waals surface area contributed by atoms with Gasteiger partial charge in [-0.25, -0.2) is 8.42 Å². The highest BCUT2D eigenvalue weighted by molar-refractivity contribution is 7.92. The van der Waals surface area contributed by atoms with Crippen LogP contribution in [-0.4, -0.2) is 39.1 Å². The number of carbonyl (C=O) groups is 2. The number of amides is 2. The molecule has 0 saturated carbocycles. The number of unbranched alkanes of at least 4 members (excludes halogenated alkanes) is 1. The number of sulfonamides is 1. The first kappa shape index (κ1) is 24.4. The van der Waals surface area contributed by atoms with Gasteiger partial charge in [0.2, 0.25) is 15.9 Å². The van der Waals surface area contributed by atoms with Crippen LogP contribution in [0.25, 0.3) is 0 Å². The minimum Gasteiger partial charge on any atom is -0.352 e. The summed E-state index contributed by atoms with van der Waals surface area (Å²) in [5, 5.41) is 5.60. The monoisotopic (exact) mass is 445 g/mol. The molecule has 2 aromatic rings. The molecule has 0 saturated heterocycles. The van der Waals surface area contributed by atoms with Crippen LogP contribution < -0.4 is 14.9 Å². The number of aryl methyl sites for hydroxylation is 1. The quantitative estimate of drug-likeness (QED) is 0.545. The van der Waals surface area contributed by atoms with Crippen molar-refractivity contribution < 1.29 is 18.0 Å². The van der Waals surface area contributed by atoms with E-state index in [1.54, 1.807) is 55.5 Å². The first-order valence-electron chi connectivity index (χ1n) is 10.4. The van der Waals surface area contributed by atoms with E-state index in [-0.39, 0.29) is 12.3 Å². The Kier molecular flexibility index (Phi) is 8.62. The molecule has 0 radical (unpaired) electrons. The third-order valence-corrected chi connectivity index (χ3v) is 6.04. The summed E-state index contributed by atoms with van der Waals surface area (Å²) in [5.41, 5.74) is 2.08. The molecular weight excluding hydrogens is 414 g/mol. The molecule has 1 unspecified atom stereocenters. The lowest BCUT2D eigenvalue weighted by Gasteiger charge is -2.30. The first-order valence-corrected chi connectivity index (χ1v) is 12.3. The maximum atomic E-state index is 13.2. The van der Waals surface area contributed by atoms with Gasteiger partial charge < -0.3 is 10.6 Å². The predicted octanol–water partition coefficient (Wildman–Crippen LogP) is 3.71. The van der Waals surface area contributed by atoms with Gasteiger partial charge in [0, 0.05) is 6.54 Å². The molecule has 0 aliphatic rings. The topological polar surface area (TPSA) is 95.6 Å². The summed E-state index contributed by atoms with van der Waals surface area (Å²) in [5.74, 6) is -0.779. The molecule has 0 aliphatic carbocycles. The third kappa shape index (κ3) is 6.55. The van der Waals surface area contributed by atoms with Gasteiger partial charge in [-0.2, -0.15) is 0 Å². The normalized spacial score (nSPS) is 12.1. The Hall–Kier alpha value is -2.87. The van der Waals surface area contributed by atoms with Crippen molar-refractivity contribution in [1.82, 2.24) is 5.32 Å². The van der Waals surface area contributed by atoms with Gasteiger partial charge >= 0.3 is 0 Å². The van der Waals surface area contributed by atoms with E-state index in [0.29, 0.717) is 23.5 Å². The minimum atomic E-state index is -3.73. The van der Waals surface area contributed by atoms with Crippen LogP contribution in [0, 0.1) is 6.92 Å². The van der Waals surface area contributed by atoms with Gasteiger partial charge in [-0.3, -0.25) is 13.9 Å². The van der Waals surface area contributed by atoms with Crippen molar-refractivity contribution >= 4 is 33.2 Å². The van der Waals surface area contributed by atoms with E-state index in [9.17, 15) is 18.0 Å². The van der Waals surface area contributed by atoms with Gasteiger partial charge in [-0.1, -0.05) is 50.1 Å². The van der Waals surface area contributed by atoms with Crippen LogP contribution in [0.3, 0.4) is 0 Å². The Morgan fingerprint density at radius 2 is 1.68 bits per heavy atom. The van der Waals surface area contributed by atoms with Crippen molar-refractivity contribution in [1.29, 1.82) is 0 Å². The van der Waals surface area contributed by atoms with E-state index in [0.717, 1.165) is 29.0 Å². The Bertz CT molecular complexity index is 1000. The number of hydrogen-bond acceptors (Lipinski definition) is 4. The second kappa shape index (κ2) is 10.9. The summed E-state index contributed by atoms with van der Waals surface area (Å²) in [6.45, 7) is 6.23. The summed E-state index contributed by atoms with van der Waals surface area (Å²) >= 11 is 0. The summed E-state index contributed by atoms with van der Waals surface area (Å²) in [4.78, 5) is 25.7. The first-order chi connectivity index (χ1) is 14.7. The van der Waals surface area contributed by atoms with E-state index >= 15 is 0 Å². The smallest absolute Gasteiger partial charge is 0.253 e. The van der Waals surface area contributed by atoms with E-state index < -0.39 is 22.0 Å². The molecule has 0 aliphatic heterocycles. The van der Waals surface area contributed by atoms with Crippen LogP contribution in [0.2, 0.25) is 0 Å². The van der Waals surface area contributed by atoms with Crippen molar-refractivity contribution in [3.63, 3.8) is 0 Å². The molecule has 2 amide bonds. The number of rotatable bonds is 10. The Labute approximate surface area is 184 Å². The average molecular weight is 446 g/mol. The zero-order valence-electron chi connectivity index (χ0n) is 18.5. The predicted molar refractivity (Wildman–Crippen MR) is 125 cm³/mol. The zero-order chi connectivity index (χ0) is 23.0. The van der Waals surface area contributed by atoms with E-state index in [1.807, 2.05) is 13.8 Å². The van der Waals surface area contributed by atoms with Gasteiger partial charge in [0.25, 0.3) is 5.91 Å². The van der Waals surface area contributed by atoms with Gasteiger partial charge in [0.05, 0.1) is 23.2 Å². The fourth-order valence-corrected chi connectivity index (χ4v) is 4.44. The number of anilines is 2. The standard InChI is InChI=1S/C23H31N3O4S/c1-5-7-16-24-22(27)19-10-8-9-11-20(19)25-23(28)21(6-2)26(31(4,29)30)18-14-12-17(3)13-15-18/h8-15,21H,5-7,16H2,1-4H3,(H,24,27)(H,25,28). The third-order valence-electron chi connectivity index (χ3n) is 4.86. The Morgan fingerprint density at radius 1 is 1.03 bits per heavy atom. The second-order valence-corrected chi connectivity index (χ2v) is 9.32. The lowest BCUT2D eigenvalue weighted by molar-refractivity contribution is -0.117. The lowest BCUT2D eigenvalue weighted by Crippen LogP contribution is -2.47. The molecule has 0 fully saturated rings. The van der Waals surface area contributed by atoms with E-state index in [2.05, 4.69) is 10.6 Å². The fourth-order valence-electron chi connectivity index (χ4n) is 3.23. The second-order valence-electron chi connectivity index (χ2n) is 7.46. The van der Waals surface area contributed by atoms with Crippen LogP contribution in [0.5, 0.6) is 0 Å². The SMILES string of the molecule is CCCCNC(=O)c1ccccc1NC(=O)C(CC)N(c1ccc(C)cc1)S(C)(=O)=O. The molecule has 7 nitrogen and oxygen atoms in total. The number of nitrogens with one attached hydrogen (secondary N) is 2. The Balaban J connectivity index is 2.32. The molecule has 2 N–H and O–H groups in total. The summed E-state index contributed by atoms with van der Waals surface area (Å²) < 4.78 is 26.3. The van der Waals surface area contributed by atoms with Crippen LogP contribution in [0.4, 0.5) is 11.4 Å². The molecule has 0 heterocycles. The molecule has 2 rings (SSSR count). The number of carbonyl (C=O) groups excluding carboxylic acids is 2. The molecule has 8 heteroatoms. The molecule has 0 bridgehead atoms. The molecule has 0 spiro atoms. The summed E-state index contributed by atoms with van der Waals surface area (Å²) in [7, 11) is -3.73. The van der Waals surface area contributed by atoms with Crippen molar-refractivity contribution in [3.05, 3.63) is 59.7 Å². The van der Waals surface area contributed by atoms with Gasteiger partial charge in [0.15, 0.2) is 0 Å². The molecule has 0 aromatic heterocycles. The van der Waals surface area contributed by atoms with Gasteiger partial charge in [-0.15, -0.1) is 0 Å². The van der Waals surface area contributed by atoms with Gasteiger partial charge in [0.1, 0.15) is 6.04 Å². The zero-order valence-corrected chi connectivity index (χ0v) is 19.3. The highest BCUT2D eigenvalue weighted by atomic mass is 32.2. The molecule has 31 heavy (non-hydrogen) atoms. The van der Waals surface area contributed by atoms with Crippen molar-refractivity contribution in [2.45, 2.75) is 46.1 Å². The largest absolute Gasteiger partial charge is 0.352 e. The molecular formula is C23H31N3O4S. The van der Waals surface area contributed by atoms with E-state index in [1.165, 1.54) is 0 Å². The fraction of sp³-hybridized carbons (Fsp3) is 0.391. The van der Waals surface area contributed by atoms with Crippen LogP contribution in [0.15, 0.2) is 48.5 Å². The summed E-state index contributed by atoms with van der Waals surface area (Å²) in [6.07, 6.45) is 3.16. The summed E-state index contributed by atoms with van der Waals surface area (Å²) in [6, 6.07) is 12.7. The van der Waals surface area contributed by atoms with Crippen molar-refractivity contribution in [2.75, 3.05) is 22.4 Å². The number of hydrogen-bond donors (Lipinski definition) is 2. The van der Waals surface area contributed by atoms with Crippen LogP contribution in [-0.2, 0) is 14.8 Å². The Morgan fingerprint density at radius 3 is 2.26 bits per heavy atom. The van der Waals surface area contributed by atoms with Crippen molar-refractivity contribution in [2.24, 2.45) is 0 Å². The molecule has 1 atom stereocenters. The highest BCUT2D eigenvalue weighted by Crippen LogP contribution is 2.24. The molecule has 2 aromatic carbocycles. The minimum absolute atomic E-state index is 0.262.